The second-order valence-corrected chi connectivity index (χ2v) is 3.07. The third kappa shape index (κ3) is 3.38. The number of hydrogen-bond donors (Lipinski definition) is 0. The average Bonchev–Trinajstić information content (AvgIpc) is 2.19. The van der Waals surface area contributed by atoms with E-state index in [1.807, 2.05) is 24.3 Å². The van der Waals surface area contributed by atoms with Crippen LogP contribution >= 0.6 is 0 Å². The van der Waals surface area contributed by atoms with E-state index in [1.54, 1.807) is 6.92 Å². The topological polar surface area (TPSA) is 26.3 Å². The third-order valence-electron chi connectivity index (χ3n) is 1.76. The van der Waals surface area contributed by atoms with Gasteiger partial charge in [-0.2, -0.15) is 0 Å². The normalized spacial score (nSPS) is 13.1. The van der Waals surface area contributed by atoms with Gasteiger partial charge in [0, 0.05) is 18.1 Å². The molecule has 0 saturated carbocycles. The van der Waals surface area contributed by atoms with Crippen molar-refractivity contribution in [2.45, 2.75) is 13.3 Å². The highest BCUT2D eigenvalue weighted by atomic mass is 16.5. The summed E-state index contributed by atoms with van der Waals surface area (Å²) in [4.78, 5) is 11.0. The zero-order valence-corrected chi connectivity index (χ0v) is 8.25. The van der Waals surface area contributed by atoms with Gasteiger partial charge in [0.15, 0.2) is 0 Å². The van der Waals surface area contributed by atoms with Gasteiger partial charge in [-0.15, -0.1) is 0 Å². The van der Waals surface area contributed by atoms with Gasteiger partial charge in [0.05, 0.1) is 24.3 Å². The predicted molar refractivity (Wildman–Crippen MR) is 55.4 cm³/mol. The number of ether oxygens (including phenoxy) is 1. The molecular weight excluding hydrogens is 176 g/mol. The van der Waals surface area contributed by atoms with Crippen LogP contribution in [0.25, 0.3) is 0 Å². The summed E-state index contributed by atoms with van der Waals surface area (Å²) in [5.74, 6) is -0.326. The van der Waals surface area contributed by atoms with Crippen LogP contribution in [0.4, 0.5) is 0 Å². The Morgan fingerprint density at radius 2 is 2.43 bits per heavy atom. The van der Waals surface area contributed by atoms with E-state index in [9.17, 15) is 4.79 Å². The predicted octanol–water partition coefficient (Wildman–Crippen LogP) is 2.35. The van der Waals surface area contributed by atoms with E-state index < -0.39 is 0 Å². The number of esters is 1. The Morgan fingerprint density at radius 1 is 1.64 bits per heavy atom. The van der Waals surface area contributed by atoms with Crippen molar-refractivity contribution in [3.05, 3.63) is 48.1 Å². The Labute approximate surface area is 84.3 Å². The van der Waals surface area contributed by atoms with Crippen LogP contribution < -0.4 is 0 Å². The molecule has 0 heterocycles. The smallest absolute Gasteiger partial charge is 0.333 e. The van der Waals surface area contributed by atoms with E-state index in [0.29, 0.717) is 12.2 Å². The second kappa shape index (κ2) is 5.15. The van der Waals surface area contributed by atoms with Crippen molar-refractivity contribution in [3.8, 4) is 0 Å². The lowest BCUT2D eigenvalue weighted by Gasteiger charge is -2.02. The van der Waals surface area contributed by atoms with Crippen molar-refractivity contribution in [2.75, 3.05) is 6.61 Å². The Kier molecular flexibility index (Phi) is 3.84. The molecule has 0 unspecified atom stereocenters. The van der Waals surface area contributed by atoms with Crippen LogP contribution in [0.3, 0.4) is 0 Å². The van der Waals surface area contributed by atoms with E-state index in [1.165, 1.54) is 0 Å². The van der Waals surface area contributed by atoms with Crippen LogP contribution in [0.2, 0.25) is 0 Å². The van der Waals surface area contributed by atoms with Crippen LogP contribution in [0, 0.1) is 6.08 Å². The molecule has 0 saturated heterocycles. The van der Waals surface area contributed by atoms with E-state index in [4.69, 9.17) is 4.74 Å². The van der Waals surface area contributed by atoms with Gasteiger partial charge in [0.1, 0.15) is 12.2 Å². The van der Waals surface area contributed by atoms with Crippen LogP contribution in [0.15, 0.2) is 42.0 Å². The van der Waals surface area contributed by atoms with Crippen molar-refractivity contribution in [1.82, 2.24) is 0 Å². The van der Waals surface area contributed by atoms with Crippen molar-refractivity contribution in [3.63, 3.8) is 0 Å². The third-order valence-corrected chi connectivity index (χ3v) is 1.76. The summed E-state index contributed by atoms with van der Waals surface area (Å²) in [6, 6.07) is 0. The molecule has 0 bridgehead atoms. The first-order chi connectivity index (χ1) is 6.70. The molecule has 1 aliphatic carbocycles. The summed E-state index contributed by atoms with van der Waals surface area (Å²) < 4.78 is 4.96. The molecule has 0 aromatic rings. The highest BCUT2D eigenvalue weighted by Gasteiger charge is 2.05. The molecule has 0 fully saturated rings. The molecule has 0 spiro atoms. The number of carbonyl (C=O) groups excluding carboxylic acids is 1. The summed E-state index contributed by atoms with van der Waals surface area (Å²) in [5.41, 5.74) is 1.57. The van der Waals surface area contributed by atoms with Crippen molar-refractivity contribution in [1.29, 1.82) is 0 Å². The summed E-state index contributed by atoms with van der Waals surface area (Å²) in [5, 5.41) is 0. The lowest BCUT2D eigenvalue weighted by atomic mass is 10.1. The molecular formula is C12H13O2+. The Hall–Kier alpha value is -1.66. The first-order valence-corrected chi connectivity index (χ1v) is 4.48. The van der Waals surface area contributed by atoms with Gasteiger partial charge >= 0.3 is 5.97 Å². The largest absolute Gasteiger partial charge is 0.462 e. The monoisotopic (exact) mass is 189 g/mol. The number of carbonyl (C=O) groups is 1. The summed E-state index contributed by atoms with van der Waals surface area (Å²) in [6.07, 6.45) is 11.3. The standard InChI is InChI=1S/C12H13O2/c1-10(2)12(13)14-9-8-11-6-4-3-5-7-11/h4-7H,1,8-9H2,2H3/q+1. The van der Waals surface area contributed by atoms with E-state index in [-0.39, 0.29) is 5.97 Å². The van der Waals surface area contributed by atoms with Gasteiger partial charge in [0.2, 0.25) is 0 Å². The highest BCUT2D eigenvalue weighted by Crippen LogP contribution is 2.08. The van der Waals surface area contributed by atoms with Gasteiger partial charge < -0.3 is 4.74 Å². The average molecular weight is 189 g/mol. The molecule has 14 heavy (non-hydrogen) atoms. The van der Waals surface area contributed by atoms with Crippen LogP contribution in [-0.2, 0) is 9.53 Å². The molecule has 0 atom stereocenters. The van der Waals surface area contributed by atoms with Crippen LogP contribution in [0.1, 0.15) is 13.3 Å². The molecule has 0 radical (unpaired) electrons. The van der Waals surface area contributed by atoms with E-state index in [0.717, 1.165) is 12.0 Å². The Morgan fingerprint density at radius 3 is 3.00 bits per heavy atom. The molecule has 0 aliphatic heterocycles. The zero-order chi connectivity index (χ0) is 10.4. The molecule has 1 rings (SSSR count). The SMILES string of the molecule is C=C(C)C(=O)OCCC1=CC=[C+]C=C1. The van der Waals surface area contributed by atoms with Gasteiger partial charge in [0.25, 0.3) is 0 Å². The maximum atomic E-state index is 11.0. The fraction of sp³-hybridized carbons (Fsp3) is 0.250. The number of hydrogen-bond acceptors (Lipinski definition) is 2. The van der Waals surface area contributed by atoms with Crippen molar-refractivity contribution < 1.29 is 9.53 Å². The quantitative estimate of drug-likeness (QED) is 0.385. The second-order valence-electron chi connectivity index (χ2n) is 3.07. The van der Waals surface area contributed by atoms with Gasteiger partial charge in [-0.1, -0.05) is 6.58 Å². The maximum absolute atomic E-state index is 11.0. The summed E-state index contributed by atoms with van der Waals surface area (Å²) in [7, 11) is 0. The minimum absolute atomic E-state index is 0.326. The first kappa shape index (κ1) is 10.4. The minimum Gasteiger partial charge on any atom is -0.462 e. The molecule has 2 nitrogen and oxygen atoms in total. The molecule has 1 aliphatic rings. The fourth-order valence-corrected chi connectivity index (χ4v) is 0.973. The minimum atomic E-state index is -0.326. The van der Waals surface area contributed by atoms with Crippen molar-refractivity contribution >= 4 is 5.97 Å². The zero-order valence-electron chi connectivity index (χ0n) is 8.25. The summed E-state index contributed by atoms with van der Waals surface area (Å²) >= 11 is 0. The fourth-order valence-electron chi connectivity index (χ4n) is 0.973. The summed E-state index contributed by atoms with van der Waals surface area (Å²) in [6.45, 7) is 5.54. The lowest BCUT2D eigenvalue weighted by Crippen LogP contribution is -2.06. The number of rotatable bonds is 4. The van der Waals surface area contributed by atoms with Crippen LogP contribution in [0.5, 0.6) is 0 Å². The molecule has 0 N–H and O–H groups in total. The number of allylic oxidation sites excluding steroid dienone is 5. The van der Waals surface area contributed by atoms with Crippen LogP contribution in [-0.4, -0.2) is 12.6 Å². The Bertz CT molecular complexity index is 319. The van der Waals surface area contributed by atoms with Crippen molar-refractivity contribution in [2.24, 2.45) is 0 Å². The molecule has 0 aromatic heterocycles. The molecule has 2 heteroatoms. The molecule has 0 aromatic carbocycles. The molecule has 0 amide bonds. The van der Waals surface area contributed by atoms with Gasteiger partial charge in [-0.05, 0) is 6.92 Å². The first-order valence-electron chi connectivity index (χ1n) is 4.48. The maximum Gasteiger partial charge on any atom is 0.333 e. The van der Waals surface area contributed by atoms with Gasteiger partial charge in [-0.3, -0.25) is 0 Å². The van der Waals surface area contributed by atoms with Gasteiger partial charge in [-0.25, -0.2) is 4.79 Å². The highest BCUT2D eigenvalue weighted by molar-refractivity contribution is 5.86. The Balaban J connectivity index is 2.25. The van der Waals surface area contributed by atoms with E-state index >= 15 is 0 Å². The lowest BCUT2D eigenvalue weighted by molar-refractivity contribution is -0.138. The molecule has 72 valence electrons. The van der Waals surface area contributed by atoms with E-state index in [2.05, 4.69) is 12.7 Å².